The van der Waals surface area contributed by atoms with Crippen LogP contribution in [-0.4, -0.2) is 22.1 Å². The monoisotopic (exact) mass is 338 g/mol. The molecule has 2 N–H and O–H groups in total. The maximum absolute atomic E-state index is 10.6. The van der Waals surface area contributed by atoms with Crippen molar-refractivity contribution < 1.29 is 24.4 Å². The van der Waals surface area contributed by atoms with Crippen LogP contribution in [0.25, 0.3) is 6.08 Å². The molecule has 3 atom stereocenters. The van der Waals surface area contributed by atoms with Crippen LogP contribution in [-0.2, 0) is 0 Å². The molecule has 2 aromatic rings. The molecular formula is C20H18O5. The molecule has 25 heavy (non-hydrogen) atoms. The molecule has 3 aliphatic heterocycles. The molecule has 128 valence electrons. The van der Waals surface area contributed by atoms with Gasteiger partial charge in [0.2, 0.25) is 6.29 Å². The van der Waals surface area contributed by atoms with E-state index in [-0.39, 0.29) is 23.4 Å². The lowest BCUT2D eigenvalue weighted by molar-refractivity contribution is -0.0728. The Labute approximate surface area is 145 Å². The molecule has 5 heteroatoms. The molecule has 5 nitrogen and oxygen atoms in total. The number of rotatable bonds is 0. The van der Waals surface area contributed by atoms with Crippen molar-refractivity contribution in [3.63, 3.8) is 0 Å². The number of phenolic OH excluding ortho intramolecular Hbond substituents is 1. The first kappa shape index (κ1) is 14.7. The summed E-state index contributed by atoms with van der Waals surface area (Å²) in [7, 11) is 0. The average molecular weight is 338 g/mol. The Bertz CT molecular complexity index is 915. The molecule has 2 aromatic carbocycles. The summed E-state index contributed by atoms with van der Waals surface area (Å²) in [4.78, 5) is 0. The average Bonchev–Trinajstić information content (AvgIpc) is 2.92. The fourth-order valence-corrected chi connectivity index (χ4v) is 3.83. The molecular weight excluding hydrogens is 320 g/mol. The fourth-order valence-electron chi connectivity index (χ4n) is 3.83. The largest absolute Gasteiger partial charge is 0.508 e. The quantitative estimate of drug-likeness (QED) is 0.769. The van der Waals surface area contributed by atoms with Gasteiger partial charge in [-0.1, -0.05) is 6.07 Å². The highest BCUT2D eigenvalue weighted by atomic mass is 16.6. The van der Waals surface area contributed by atoms with E-state index in [0.29, 0.717) is 11.5 Å². The van der Waals surface area contributed by atoms with Crippen LogP contribution in [0.2, 0.25) is 0 Å². The van der Waals surface area contributed by atoms with Gasteiger partial charge in [0.25, 0.3) is 0 Å². The third-order valence-electron chi connectivity index (χ3n) is 5.00. The maximum atomic E-state index is 10.6. The summed E-state index contributed by atoms with van der Waals surface area (Å²) in [6, 6.07) is 8.79. The number of aliphatic hydroxyl groups is 1. The molecule has 0 bridgehead atoms. The van der Waals surface area contributed by atoms with Gasteiger partial charge in [-0.15, -0.1) is 0 Å². The van der Waals surface area contributed by atoms with Crippen LogP contribution >= 0.6 is 0 Å². The van der Waals surface area contributed by atoms with Gasteiger partial charge < -0.3 is 24.4 Å². The number of hydrogen-bond donors (Lipinski definition) is 2. The zero-order valence-corrected chi connectivity index (χ0v) is 13.9. The third kappa shape index (κ3) is 2.05. The van der Waals surface area contributed by atoms with Crippen LogP contribution < -0.4 is 14.2 Å². The van der Waals surface area contributed by atoms with Gasteiger partial charge in [-0.05, 0) is 44.2 Å². The molecule has 5 rings (SSSR count). The van der Waals surface area contributed by atoms with Gasteiger partial charge in [0.15, 0.2) is 0 Å². The van der Waals surface area contributed by atoms with Crippen molar-refractivity contribution in [2.45, 2.75) is 37.8 Å². The van der Waals surface area contributed by atoms with Gasteiger partial charge in [-0.3, -0.25) is 0 Å². The molecule has 0 amide bonds. The van der Waals surface area contributed by atoms with E-state index in [4.69, 9.17) is 14.2 Å². The Balaban J connectivity index is 1.64. The Morgan fingerprint density at radius 1 is 1.00 bits per heavy atom. The molecule has 0 radical (unpaired) electrons. The first-order valence-corrected chi connectivity index (χ1v) is 8.32. The standard InChI is InChI=1S/C20H18O5/c1-20(2)8-7-12-14(25-20)6-5-13-17(12)24-19(22)16-11-4-3-10(21)9-15(11)23-18(13)16/h3-9,16,18-19,21-22H,1-2H3/t16-,18-,19-/m0/s1. The molecule has 0 unspecified atom stereocenters. The first-order chi connectivity index (χ1) is 11.9. The molecule has 0 spiro atoms. The molecule has 0 saturated heterocycles. The van der Waals surface area contributed by atoms with E-state index in [9.17, 15) is 10.2 Å². The highest BCUT2D eigenvalue weighted by molar-refractivity contribution is 5.70. The smallest absolute Gasteiger partial charge is 0.208 e. The second kappa shape index (κ2) is 4.70. The van der Waals surface area contributed by atoms with Crippen molar-refractivity contribution in [3.8, 4) is 23.0 Å². The van der Waals surface area contributed by atoms with E-state index in [2.05, 4.69) is 0 Å². The van der Waals surface area contributed by atoms with Crippen LogP contribution in [0.1, 0.15) is 42.6 Å². The molecule has 0 aromatic heterocycles. The predicted molar refractivity (Wildman–Crippen MR) is 91.0 cm³/mol. The van der Waals surface area contributed by atoms with Crippen molar-refractivity contribution in [2.75, 3.05) is 0 Å². The molecule has 3 aliphatic rings. The Morgan fingerprint density at radius 3 is 2.64 bits per heavy atom. The zero-order chi connectivity index (χ0) is 17.3. The van der Waals surface area contributed by atoms with Gasteiger partial charge in [-0.25, -0.2) is 0 Å². The topological polar surface area (TPSA) is 68.2 Å². The molecule has 0 fully saturated rings. The number of fused-ring (bicyclic) bond motifs is 7. The van der Waals surface area contributed by atoms with Gasteiger partial charge in [-0.2, -0.15) is 0 Å². The number of phenols is 1. The molecule has 3 heterocycles. The minimum absolute atomic E-state index is 0.136. The van der Waals surface area contributed by atoms with Crippen molar-refractivity contribution in [2.24, 2.45) is 0 Å². The summed E-state index contributed by atoms with van der Waals surface area (Å²) in [6.45, 7) is 3.97. The number of benzene rings is 2. The van der Waals surface area contributed by atoms with E-state index in [1.165, 1.54) is 0 Å². The lowest BCUT2D eigenvalue weighted by atomic mass is 9.86. The van der Waals surface area contributed by atoms with Gasteiger partial charge in [0.1, 0.15) is 34.7 Å². The van der Waals surface area contributed by atoms with Crippen LogP contribution in [0.4, 0.5) is 0 Å². The number of hydrogen-bond acceptors (Lipinski definition) is 5. The van der Waals surface area contributed by atoms with Crippen molar-refractivity contribution in [3.05, 3.63) is 53.1 Å². The Hall–Kier alpha value is -2.66. The SMILES string of the molecule is CC1(C)C=Cc2c(ccc3c2O[C@H](O)[C@H]2c4ccc(O)cc4O[C@@H]32)O1. The number of aromatic hydroxyl groups is 1. The lowest BCUT2D eigenvalue weighted by Gasteiger charge is -2.35. The minimum Gasteiger partial charge on any atom is -0.508 e. The zero-order valence-electron chi connectivity index (χ0n) is 13.9. The lowest BCUT2D eigenvalue weighted by Crippen LogP contribution is -2.34. The predicted octanol–water partition coefficient (Wildman–Crippen LogP) is 3.50. The van der Waals surface area contributed by atoms with E-state index in [1.807, 2.05) is 38.1 Å². The summed E-state index contributed by atoms with van der Waals surface area (Å²) >= 11 is 0. The Morgan fingerprint density at radius 2 is 1.80 bits per heavy atom. The van der Waals surface area contributed by atoms with Crippen molar-refractivity contribution >= 4 is 6.08 Å². The van der Waals surface area contributed by atoms with E-state index < -0.39 is 6.29 Å². The van der Waals surface area contributed by atoms with Crippen LogP contribution in [0, 0.1) is 0 Å². The van der Waals surface area contributed by atoms with E-state index in [0.717, 1.165) is 22.4 Å². The summed E-state index contributed by atoms with van der Waals surface area (Å²) < 4.78 is 17.9. The molecule has 0 saturated carbocycles. The normalized spacial score (nSPS) is 27.1. The van der Waals surface area contributed by atoms with Crippen LogP contribution in [0.5, 0.6) is 23.0 Å². The summed E-state index contributed by atoms with van der Waals surface area (Å²) in [5.41, 5.74) is 2.15. The summed E-state index contributed by atoms with van der Waals surface area (Å²) in [6.07, 6.45) is 2.56. The highest BCUT2D eigenvalue weighted by Gasteiger charge is 2.47. The van der Waals surface area contributed by atoms with Gasteiger partial charge >= 0.3 is 0 Å². The summed E-state index contributed by atoms with van der Waals surface area (Å²) in [5.74, 6) is 1.71. The second-order valence-corrected chi connectivity index (χ2v) is 7.23. The highest BCUT2D eigenvalue weighted by Crippen LogP contribution is 2.55. The maximum Gasteiger partial charge on any atom is 0.208 e. The fraction of sp³-hybridized carbons (Fsp3) is 0.300. The van der Waals surface area contributed by atoms with Crippen LogP contribution in [0.15, 0.2) is 36.4 Å². The van der Waals surface area contributed by atoms with Crippen molar-refractivity contribution in [1.82, 2.24) is 0 Å². The third-order valence-corrected chi connectivity index (χ3v) is 5.00. The van der Waals surface area contributed by atoms with Gasteiger partial charge in [0, 0.05) is 17.2 Å². The second-order valence-electron chi connectivity index (χ2n) is 7.23. The van der Waals surface area contributed by atoms with E-state index >= 15 is 0 Å². The van der Waals surface area contributed by atoms with Gasteiger partial charge in [0.05, 0.1) is 11.5 Å². The summed E-state index contributed by atoms with van der Waals surface area (Å²) in [5, 5.41) is 20.3. The van der Waals surface area contributed by atoms with E-state index in [1.54, 1.807) is 18.2 Å². The number of aliphatic hydroxyl groups excluding tert-OH is 1. The Kier molecular flexibility index (Phi) is 2.76. The number of ether oxygens (including phenoxy) is 3. The minimum atomic E-state index is -1.03. The molecule has 0 aliphatic carbocycles. The first-order valence-electron chi connectivity index (χ1n) is 8.32. The van der Waals surface area contributed by atoms with Crippen LogP contribution in [0.3, 0.4) is 0 Å². The van der Waals surface area contributed by atoms with Crippen molar-refractivity contribution in [1.29, 1.82) is 0 Å².